The van der Waals surface area contributed by atoms with E-state index in [4.69, 9.17) is 19.3 Å². The Bertz CT molecular complexity index is 117. The zero-order chi connectivity index (χ0) is 12.6. The summed E-state index contributed by atoms with van der Waals surface area (Å²) in [5.74, 6) is 0. The number of aliphatic hydroxyl groups excluding tert-OH is 1. The first-order chi connectivity index (χ1) is 8.41. The van der Waals surface area contributed by atoms with Crippen LogP contribution in [0.3, 0.4) is 0 Å². The highest BCUT2D eigenvalue weighted by Gasteiger charge is 1.92. The van der Waals surface area contributed by atoms with Crippen LogP contribution in [-0.4, -0.2) is 45.4 Å². The van der Waals surface area contributed by atoms with Crippen molar-refractivity contribution in [1.29, 1.82) is 0 Å². The molecule has 0 saturated heterocycles. The predicted molar refractivity (Wildman–Crippen MR) is 68.1 cm³/mol. The van der Waals surface area contributed by atoms with Gasteiger partial charge in [0.2, 0.25) is 0 Å². The van der Waals surface area contributed by atoms with Gasteiger partial charge in [-0.2, -0.15) is 0 Å². The van der Waals surface area contributed by atoms with Crippen LogP contribution in [0.25, 0.3) is 0 Å². The Morgan fingerprint density at radius 3 is 1.94 bits per heavy atom. The summed E-state index contributed by atoms with van der Waals surface area (Å²) in [7, 11) is 1.66. The third-order valence-electron chi connectivity index (χ3n) is 2.55. The van der Waals surface area contributed by atoms with Gasteiger partial charge in [0.05, 0.1) is 13.2 Å². The molecule has 17 heavy (non-hydrogen) atoms. The Morgan fingerprint density at radius 1 is 0.706 bits per heavy atom. The van der Waals surface area contributed by atoms with Crippen LogP contribution in [0.15, 0.2) is 0 Å². The maximum atomic E-state index is 8.61. The average Bonchev–Trinajstić information content (AvgIpc) is 2.35. The van der Waals surface area contributed by atoms with Crippen molar-refractivity contribution in [2.24, 2.45) is 0 Å². The molecular formula is C13H28O4. The van der Waals surface area contributed by atoms with Gasteiger partial charge < -0.3 is 19.3 Å². The van der Waals surface area contributed by atoms with Crippen LogP contribution in [0.1, 0.15) is 44.9 Å². The van der Waals surface area contributed by atoms with Gasteiger partial charge in [-0.1, -0.05) is 32.1 Å². The molecule has 0 aromatic carbocycles. The lowest BCUT2D eigenvalue weighted by molar-refractivity contribution is -0.0664. The van der Waals surface area contributed by atoms with Gasteiger partial charge in [-0.3, -0.25) is 0 Å². The number of aliphatic hydroxyl groups is 1. The van der Waals surface area contributed by atoms with Crippen LogP contribution < -0.4 is 0 Å². The van der Waals surface area contributed by atoms with E-state index in [0.29, 0.717) is 26.6 Å². The van der Waals surface area contributed by atoms with E-state index in [1.807, 2.05) is 0 Å². The van der Waals surface area contributed by atoms with Gasteiger partial charge in [0.1, 0.15) is 6.79 Å². The van der Waals surface area contributed by atoms with Crippen LogP contribution in [0, 0.1) is 0 Å². The van der Waals surface area contributed by atoms with Crippen molar-refractivity contribution in [3.05, 3.63) is 0 Å². The highest BCUT2D eigenvalue weighted by Crippen LogP contribution is 2.06. The fourth-order valence-electron chi connectivity index (χ4n) is 1.52. The van der Waals surface area contributed by atoms with Crippen LogP contribution in [-0.2, 0) is 14.2 Å². The van der Waals surface area contributed by atoms with Crippen molar-refractivity contribution in [2.75, 3.05) is 40.3 Å². The molecule has 0 atom stereocenters. The average molecular weight is 248 g/mol. The van der Waals surface area contributed by atoms with Gasteiger partial charge in [-0.15, -0.1) is 0 Å². The SMILES string of the molecule is COCCOCOCCCCCCCCCO. The molecule has 1 N–H and O–H groups in total. The summed E-state index contributed by atoms with van der Waals surface area (Å²) >= 11 is 0. The minimum atomic E-state index is 0.330. The van der Waals surface area contributed by atoms with E-state index in [1.54, 1.807) is 7.11 Å². The lowest BCUT2D eigenvalue weighted by atomic mass is 10.1. The molecule has 0 bridgehead atoms. The number of ether oxygens (including phenoxy) is 3. The van der Waals surface area contributed by atoms with E-state index in [0.717, 1.165) is 25.9 Å². The number of unbranched alkanes of at least 4 members (excludes halogenated alkanes) is 6. The monoisotopic (exact) mass is 248 g/mol. The highest BCUT2D eigenvalue weighted by molar-refractivity contribution is 4.45. The van der Waals surface area contributed by atoms with Gasteiger partial charge in [0.25, 0.3) is 0 Å². The lowest BCUT2D eigenvalue weighted by Gasteiger charge is -2.05. The van der Waals surface area contributed by atoms with Crippen molar-refractivity contribution < 1.29 is 19.3 Å². The third-order valence-corrected chi connectivity index (χ3v) is 2.55. The van der Waals surface area contributed by atoms with Gasteiger partial charge in [-0.25, -0.2) is 0 Å². The second-order valence-electron chi connectivity index (χ2n) is 4.13. The largest absolute Gasteiger partial charge is 0.396 e. The zero-order valence-electron chi connectivity index (χ0n) is 11.2. The van der Waals surface area contributed by atoms with Gasteiger partial charge in [0, 0.05) is 20.3 Å². The molecular weight excluding hydrogens is 220 g/mol. The van der Waals surface area contributed by atoms with E-state index in [2.05, 4.69) is 0 Å². The lowest BCUT2D eigenvalue weighted by Crippen LogP contribution is -2.06. The standard InChI is InChI=1S/C13H28O4/c1-15-11-12-17-13-16-10-8-6-4-2-3-5-7-9-14/h14H,2-13H2,1H3. The zero-order valence-corrected chi connectivity index (χ0v) is 11.2. The van der Waals surface area contributed by atoms with Gasteiger partial charge in [0.15, 0.2) is 0 Å². The number of rotatable bonds is 14. The Hall–Kier alpha value is -0.160. The maximum Gasteiger partial charge on any atom is 0.146 e. The maximum absolute atomic E-state index is 8.61. The van der Waals surface area contributed by atoms with Crippen LogP contribution >= 0.6 is 0 Å². The molecule has 0 unspecified atom stereocenters. The van der Waals surface area contributed by atoms with Crippen molar-refractivity contribution in [2.45, 2.75) is 44.9 Å². The molecule has 0 aliphatic heterocycles. The molecule has 0 aliphatic carbocycles. The number of methoxy groups -OCH3 is 1. The topological polar surface area (TPSA) is 47.9 Å². The third kappa shape index (κ3) is 15.8. The molecule has 104 valence electrons. The van der Waals surface area contributed by atoms with Crippen LogP contribution in [0.5, 0.6) is 0 Å². The normalized spacial score (nSPS) is 10.9. The van der Waals surface area contributed by atoms with E-state index in [1.165, 1.54) is 25.7 Å². The second-order valence-corrected chi connectivity index (χ2v) is 4.13. The minimum absolute atomic E-state index is 0.330. The van der Waals surface area contributed by atoms with Crippen LogP contribution in [0.4, 0.5) is 0 Å². The Labute approximate surface area is 105 Å². The smallest absolute Gasteiger partial charge is 0.146 e. The molecule has 0 radical (unpaired) electrons. The van der Waals surface area contributed by atoms with Crippen molar-refractivity contribution >= 4 is 0 Å². The summed E-state index contributed by atoms with van der Waals surface area (Å²) in [4.78, 5) is 0. The quantitative estimate of drug-likeness (QED) is 0.379. The predicted octanol–water partition coefficient (Wildman–Crippen LogP) is 2.35. The first-order valence-corrected chi connectivity index (χ1v) is 6.67. The number of hydrogen-bond acceptors (Lipinski definition) is 4. The molecule has 0 fully saturated rings. The molecule has 0 heterocycles. The van der Waals surface area contributed by atoms with Crippen molar-refractivity contribution in [3.63, 3.8) is 0 Å². The van der Waals surface area contributed by atoms with Gasteiger partial charge >= 0.3 is 0 Å². The van der Waals surface area contributed by atoms with Crippen molar-refractivity contribution in [3.8, 4) is 0 Å². The summed E-state index contributed by atoms with van der Waals surface area (Å²) < 4.78 is 15.3. The van der Waals surface area contributed by atoms with Crippen LogP contribution in [0.2, 0.25) is 0 Å². The van der Waals surface area contributed by atoms with E-state index in [-0.39, 0.29) is 0 Å². The summed E-state index contributed by atoms with van der Waals surface area (Å²) in [6, 6.07) is 0. The van der Waals surface area contributed by atoms with E-state index in [9.17, 15) is 0 Å². The molecule has 0 saturated carbocycles. The fraction of sp³-hybridized carbons (Fsp3) is 1.00. The molecule has 0 rings (SSSR count). The number of hydrogen-bond donors (Lipinski definition) is 1. The minimum Gasteiger partial charge on any atom is -0.396 e. The Balaban J connectivity index is 2.85. The molecule has 0 aromatic heterocycles. The molecule has 0 spiro atoms. The molecule has 0 aliphatic rings. The first-order valence-electron chi connectivity index (χ1n) is 6.67. The second kappa shape index (κ2) is 15.8. The molecule has 4 heteroatoms. The first kappa shape index (κ1) is 16.8. The highest BCUT2D eigenvalue weighted by atomic mass is 16.7. The molecule has 0 aromatic rings. The summed E-state index contributed by atoms with van der Waals surface area (Å²) in [6.07, 6.45) is 8.19. The Morgan fingerprint density at radius 2 is 1.29 bits per heavy atom. The fourth-order valence-corrected chi connectivity index (χ4v) is 1.52. The molecule has 4 nitrogen and oxygen atoms in total. The summed E-state index contributed by atoms with van der Waals surface area (Å²) in [6.45, 7) is 2.71. The van der Waals surface area contributed by atoms with Gasteiger partial charge in [-0.05, 0) is 12.8 Å². The summed E-state index contributed by atoms with van der Waals surface area (Å²) in [5, 5.41) is 8.61. The molecule has 0 amide bonds. The van der Waals surface area contributed by atoms with E-state index >= 15 is 0 Å². The Kier molecular flexibility index (Phi) is 15.7. The van der Waals surface area contributed by atoms with Crippen molar-refractivity contribution in [1.82, 2.24) is 0 Å². The summed E-state index contributed by atoms with van der Waals surface area (Å²) in [5.41, 5.74) is 0. The van der Waals surface area contributed by atoms with E-state index < -0.39 is 0 Å².